The number of benzene rings is 1. The molecule has 4 nitrogen and oxygen atoms in total. The third-order valence-electron chi connectivity index (χ3n) is 1.81. The van der Waals surface area contributed by atoms with Crippen LogP contribution in [0.1, 0.15) is 11.6 Å². The van der Waals surface area contributed by atoms with E-state index in [2.05, 4.69) is 0 Å². The van der Waals surface area contributed by atoms with Crippen molar-refractivity contribution in [2.45, 2.75) is 6.04 Å². The zero-order valence-electron chi connectivity index (χ0n) is 7.80. The average Bonchev–Trinajstić information content (AvgIpc) is 2.16. The molecule has 0 aliphatic rings. The molecule has 0 bridgehead atoms. The van der Waals surface area contributed by atoms with E-state index in [1.54, 1.807) is 6.07 Å². The first-order valence-electron chi connectivity index (χ1n) is 3.92. The molecule has 4 N–H and O–H groups in total. The van der Waals surface area contributed by atoms with Crippen LogP contribution in [0.25, 0.3) is 0 Å². The Labute approximate surface area is 88.7 Å². The smallest absolute Gasteiger partial charge is 0.127 e. The number of aliphatic hydroxyl groups excluding tert-OH is 1. The Bertz CT molecular complexity index is 293. The summed E-state index contributed by atoms with van der Waals surface area (Å²) < 4.78 is 5.00. The van der Waals surface area contributed by atoms with E-state index in [1.165, 1.54) is 19.2 Å². The van der Waals surface area contributed by atoms with E-state index in [0.29, 0.717) is 11.3 Å². The molecule has 0 spiro atoms. The molecule has 0 amide bonds. The molecular weight excluding hydrogens is 206 g/mol. The van der Waals surface area contributed by atoms with Gasteiger partial charge in [0.2, 0.25) is 0 Å². The second kappa shape index (κ2) is 5.70. The van der Waals surface area contributed by atoms with E-state index in [4.69, 9.17) is 20.7 Å². The Morgan fingerprint density at radius 3 is 2.64 bits per heavy atom. The second-order valence-electron chi connectivity index (χ2n) is 2.72. The Balaban J connectivity index is 0.00000169. The van der Waals surface area contributed by atoms with Gasteiger partial charge in [0.05, 0.1) is 19.8 Å². The maximum atomic E-state index is 9.14. The highest BCUT2D eigenvalue weighted by Gasteiger charge is 2.10. The highest BCUT2D eigenvalue weighted by molar-refractivity contribution is 5.85. The third-order valence-corrected chi connectivity index (χ3v) is 1.81. The summed E-state index contributed by atoms with van der Waals surface area (Å²) in [6.45, 7) is -0.152. The van der Waals surface area contributed by atoms with E-state index in [1.807, 2.05) is 0 Å². The molecule has 1 aromatic rings. The number of phenolic OH excluding ortho intramolecular Hbond substituents is 1. The number of aromatic hydroxyl groups is 1. The molecule has 0 unspecified atom stereocenters. The summed E-state index contributed by atoms with van der Waals surface area (Å²) in [6.07, 6.45) is 0. The van der Waals surface area contributed by atoms with Crippen LogP contribution in [0.3, 0.4) is 0 Å². The maximum absolute atomic E-state index is 9.14. The minimum absolute atomic E-state index is 0. The highest BCUT2D eigenvalue weighted by Crippen LogP contribution is 2.27. The zero-order valence-corrected chi connectivity index (χ0v) is 8.62. The lowest BCUT2D eigenvalue weighted by Crippen LogP contribution is -2.15. The minimum atomic E-state index is -0.476. The van der Waals surface area contributed by atoms with Crippen LogP contribution in [0.4, 0.5) is 0 Å². The first kappa shape index (κ1) is 13.0. The zero-order chi connectivity index (χ0) is 9.84. The van der Waals surface area contributed by atoms with Gasteiger partial charge in [0.15, 0.2) is 0 Å². The Morgan fingerprint density at radius 1 is 1.50 bits per heavy atom. The number of halogens is 1. The quantitative estimate of drug-likeness (QED) is 0.704. The van der Waals surface area contributed by atoms with Crippen molar-refractivity contribution < 1.29 is 14.9 Å². The van der Waals surface area contributed by atoms with Gasteiger partial charge in [0.25, 0.3) is 0 Å². The lowest BCUT2D eigenvalue weighted by Gasteiger charge is -2.13. The first-order valence-corrected chi connectivity index (χ1v) is 3.92. The van der Waals surface area contributed by atoms with Crippen molar-refractivity contribution in [3.8, 4) is 11.5 Å². The molecule has 0 saturated heterocycles. The summed E-state index contributed by atoms with van der Waals surface area (Å²) in [5, 5.41) is 18.0. The van der Waals surface area contributed by atoms with Crippen LogP contribution in [0.5, 0.6) is 11.5 Å². The lowest BCUT2D eigenvalue weighted by atomic mass is 10.1. The van der Waals surface area contributed by atoms with Crippen LogP contribution in [-0.2, 0) is 0 Å². The molecule has 1 atom stereocenters. The molecule has 1 rings (SSSR count). The number of aliphatic hydroxyl groups is 1. The monoisotopic (exact) mass is 219 g/mol. The van der Waals surface area contributed by atoms with Gasteiger partial charge in [-0.1, -0.05) is 0 Å². The summed E-state index contributed by atoms with van der Waals surface area (Å²) in [4.78, 5) is 0. The number of hydrogen-bond acceptors (Lipinski definition) is 4. The molecule has 0 fully saturated rings. The van der Waals surface area contributed by atoms with Gasteiger partial charge in [-0.3, -0.25) is 0 Å². The van der Waals surface area contributed by atoms with Gasteiger partial charge in [0.1, 0.15) is 11.5 Å². The highest BCUT2D eigenvalue weighted by atomic mass is 35.5. The van der Waals surface area contributed by atoms with Gasteiger partial charge >= 0.3 is 0 Å². The lowest BCUT2D eigenvalue weighted by molar-refractivity contribution is 0.264. The van der Waals surface area contributed by atoms with E-state index in [9.17, 15) is 0 Å². The van der Waals surface area contributed by atoms with E-state index in [-0.39, 0.29) is 24.8 Å². The van der Waals surface area contributed by atoms with Crippen LogP contribution < -0.4 is 10.5 Å². The van der Waals surface area contributed by atoms with Crippen molar-refractivity contribution in [1.29, 1.82) is 0 Å². The fourth-order valence-corrected chi connectivity index (χ4v) is 1.10. The van der Waals surface area contributed by atoms with Crippen LogP contribution in [0, 0.1) is 0 Å². The predicted octanol–water partition coefficient (Wildman–Crippen LogP) is 0.815. The molecule has 5 heteroatoms. The van der Waals surface area contributed by atoms with Crippen molar-refractivity contribution in [2.75, 3.05) is 13.7 Å². The van der Waals surface area contributed by atoms with Crippen molar-refractivity contribution in [2.24, 2.45) is 5.73 Å². The molecule has 0 aliphatic carbocycles. The molecule has 0 heterocycles. The van der Waals surface area contributed by atoms with Gasteiger partial charge in [-0.2, -0.15) is 0 Å². The number of hydrogen-bond donors (Lipinski definition) is 3. The molecule has 14 heavy (non-hydrogen) atoms. The molecule has 80 valence electrons. The SMILES string of the molecule is COc1cc(O)ccc1[C@@H](N)CO.Cl. The van der Waals surface area contributed by atoms with Crippen LogP contribution >= 0.6 is 12.4 Å². The van der Waals surface area contributed by atoms with Gasteiger partial charge in [-0.15, -0.1) is 12.4 Å². The fourth-order valence-electron chi connectivity index (χ4n) is 1.10. The Kier molecular flexibility index (Phi) is 5.30. The first-order chi connectivity index (χ1) is 6.19. The van der Waals surface area contributed by atoms with Gasteiger partial charge in [0, 0.05) is 11.6 Å². The third kappa shape index (κ3) is 2.77. The van der Waals surface area contributed by atoms with Crippen LogP contribution in [0.2, 0.25) is 0 Å². The molecule has 0 aromatic heterocycles. The van der Waals surface area contributed by atoms with E-state index >= 15 is 0 Å². The number of nitrogens with two attached hydrogens (primary N) is 1. The summed E-state index contributed by atoms with van der Waals surface area (Å²) in [7, 11) is 1.49. The maximum Gasteiger partial charge on any atom is 0.127 e. The van der Waals surface area contributed by atoms with Crippen molar-refractivity contribution in [3.05, 3.63) is 23.8 Å². The Morgan fingerprint density at radius 2 is 2.14 bits per heavy atom. The molecule has 0 aliphatic heterocycles. The summed E-state index contributed by atoms with van der Waals surface area (Å²) >= 11 is 0. The Hall–Kier alpha value is -0.970. The summed E-state index contributed by atoms with van der Waals surface area (Å²) in [6, 6.07) is 4.13. The number of methoxy groups -OCH3 is 1. The second-order valence-corrected chi connectivity index (χ2v) is 2.72. The standard InChI is InChI=1S/C9H13NO3.ClH/c1-13-9-4-6(12)2-3-7(9)8(10)5-11;/h2-4,8,11-12H,5,10H2,1H3;1H/t8-;/m0./s1. The average molecular weight is 220 g/mol. The number of ether oxygens (including phenoxy) is 1. The minimum Gasteiger partial charge on any atom is -0.508 e. The van der Waals surface area contributed by atoms with Crippen LogP contribution in [-0.4, -0.2) is 23.9 Å². The van der Waals surface area contributed by atoms with Gasteiger partial charge in [-0.05, 0) is 12.1 Å². The molecule has 0 saturated carbocycles. The predicted molar refractivity (Wildman–Crippen MR) is 55.9 cm³/mol. The number of phenols is 1. The summed E-state index contributed by atoms with van der Waals surface area (Å²) in [5.41, 5.74) is 6.29. The van der Waals surface area contributed by atoms with Gasteiger partial charge in [-0.25, -0.2) is 0 Å². The molecule has 1 aromatic carbocycles. The van der Waals surface area contributed by atoms with Gasteiger partial charge < -0.3 is 20.7 Å². The largest absolute Gasteiger partial charge is 0.508 e. The molecular formula is C9H14ClNO3. The van der Waals surface area contributed by atoms with Crippen LogP contribution in [0.15, 0.2) is 18.2 Å². The van der Waals surface area contributed by atoms with E-state index in [0.717, 1.165) is 0 Å². The summed E-state index contributed by atoms with van der Waals surface area (Å²) in [5.74, 6) is 0.604. The molecule has 0 radical (unpaired) electrons. The van der Waals surface area contributed by atoms with Crippen molar-refractivity contribution in [1.82, 2.24) is 0 Å². The van der Waals surface area contributed by atoms with Crippen molar-refractivity contribution in [3.63, 3.8) is 0 Å². The number of rotatable bonds is 3. The normalized spacial score (nSPS) is 11.6. The topological polar surface area (TPSA) is 75.7 Å². The fraction of sp³-hybridized carbons (Fsp3) is 0.333. The van der Waals surface area contributed by atoms with Crippen molar-refractivity contribution >= 4 is 12.4 Å². The van der Waals surface area contributed by atoms with E-state index < -0.39 is 6.04 Å².